The summed E-state index contributed by atoms with van der Waals surface area (Å²) in [7, 11) is 0. The molecule has 2 heterocycles. The smallest absolute Gasteiger partial charge is 0.265 e. The molecule has 3 aromatic rings. The minimum atomic E-state index is -0.0617. The molecule has 3 rings (SSSR count). The Bertz CT molecular complexity index is 842. The lowest BCUT2D eigenvalue weighted by atomic mass is 10.1. The summed E-state index contributed by atoms with van der Waals surface area (Å²) >= 11 is 3.25. The molecule has 0 bridgehead atoms. The first kappa shape index (κ1) is 12.9. The van der Waals surface area contributed by atoms with Crippen LogP contribution in [-0.4, -0.2) is 9.55 Å². The van der Waals surface area contributed by atoms with Crippen molar-refractivity contribution in [1.29, 1.82) is 0 Å². The number of halogens is 1. The van der Waals surface area contributed by atoms with Gasteiger partial charge in [0.2, 0.25) is 0 Å². The van der Waals surface area contributed by atoms with Gasteiger partial charge in [0, 0.05) is 23.5 Å². The molecule has 0 radical (unpaired) electrons. The highest BCUT2D eigenvalue weighted by Gasteiger charge is 2.07. The molecular weight excluding hydrogens is 318 g/mol. The lowest BCUT2D eigenvalue weighted by molar-refractivity contribution is 0.758. The zero-order valence-electron chi connectivity index (χ0n) is 10.6. The summed E-state index contributed by atoms with van der Waals surface area (Å²) in [5, 5.41) is 0.910. The van der Waals surface area contributed by atoms with Crippen molar-refractivity contribution in [3.8, 4) is 0 Å². The number of anilines is 1. The Morgan fingerprint density at radius 3 is 2.90 bits per heavy atom. The van der Waals surface area contributed by atoms with Gasteiger partial charge in [0.1, 0.15) is 0 Å². The van der Waals surface area contributed by atoms with Crippen LogP contribution in [0.3, 0.4) is 0 Å². The second kappa shape index (κ2) is 5.09. The lowest BCUT2D eigenvalue weighted by Gasteiger charge is -2.10. The highest BCUT2D eigenvalue weighted by atomic mass is 79.9. The minimum absolute atomic E-state index is 0.0617. The standard InChI is InChI=1S/C15H12BrN3O/c16-12-4-2-8-19(15(12)20)9-10-5-6-13(17)11-3-1-7-18-14(10)11/h1-8H,9,17H2. The van der Waals surface area contributed by atoms with Crippen LogP contribution in [0.5, 0.6) is 0 Å². The lowest BCUT2D eigenvalue weighted by Crippen LogP contribution is -2.20. The van der Waals surface area contributed by atoms with Crippen molar-refractivity contribution in [3.05, 3.63) is 69.2 Å². The molecule has 2 N–H and O–H groups in total. The molecule has 1 aromatic carbocycles. The van der Waals surface area contributed by atoms with Gasteiger partial charge in [0.05, 0.1) is 16.5 Å². The van der Waals surface area contributed by atoms with Crippen LogP contribution in [0.25, 0.3) is 10.9 Å². The van der Waals surface area contributed by atoms with Crippen molar-refractivity contribution in [1.82, 2.24) is 9.55 Å². The van der Waals surface area contributed by atoms with E-state index in [-0.39, 0.29) is 5.56 Å². The molecule has 20 heavy (non-hydrogen) atoms. The topological polar surface area (TPSA) is 60.9 Å². The van der Waals surface area contributed by atoms with Gasteiger partial charge in [0.15, 0.2) is 0 Å². The van der Waals surface area contributed by atoms with E-state index in [4.69, 9.17) is 5.73 Å². The number of rotatable bonds is 2. The molecular formula is C15H12BrN3O. The van der Waals surface area contributed by atoms with Crippen LogP contribution >= 0.6 is 15.9 Å². The van der Waals surface area contributed by atoms with Crippen molar-refractivity contribution < 1.29 is 0 Å². The van der Waals surface area contributed by atoms with Crippen LogP contribution in [-0.2, 0) is 6.54 Å². The van der Waals surface area contributed by atoms with Crippen molar-refractivity contribution in [3.63, 3.8) is 0 Å². The monoisotopic (exact) mass is 329 g/mol. The largest absolute Gasteiger partial charge is 0.398 e. The summed E-state index contributed by atoms with van der Waals surface area (Å²) < 4.78 is 2.19. The third kappa shape index (κ3) is 2.20. The molecule has 0 unspecified atom stereocenters. The Kier molecular flexibility index (Phi) is 3.28. The number of nitrogens with two attached hydrogens (primary N) is 1. The Hall–Kier alpha value is -2.14. The molecule has 0 atom stereocenters. The highest BCUT2D eigenvalue weighted by molar-refractivity contribution is 9.10. The minimum Gasteiger partial charge on any atom is -0.398 e. The van der Waals surface area contributed by atoms with E-state index in [1.807, 2.05) is 30.3 Å². The van der Waals surface area contributed by atoms with E-state index in [2.05, 4.69) is 20.9 Å². The zero-order valence-corrected chi connectivity index (χ0v) is 12.2. The summed E-state index contributed by atoms with van der Waals surface area (Å²) in [6.45, 7) is 0.464. The summed E-state index contributed by atoms with van der Waals surface area (Å²) in [5.41, 5.74) is 8.39. The van der Waals surface area contributed by atoms with Crippen LogP contribution < -0.4 is 11.3 Å². The van der Waals surface area contributed by atoms with Gasteiger partial charge in [-0.15, -0.1) is 0 Å². The predicted octanol–water partition coefficient (Wildman–Crippen LogP) is 2.79. The second-order valence-electron chi connectivity index (χ2n) is 4.50. The van der Waals surface area contributed by atoms with Gasteiger partial charge in [-0.1, -0.05) is 6.07 Å². The molecule has 0 aliphatic rings. The van der Waals surface area contributed by atoms with Crippen LogP contribution in [0.1, 0.15) is 5.56 Å². The number of fused-ring (bicyclic) bond motifs is 1. The fourth-order valence-electron chi connectivity index (χ4n) is 2.20. The molecule has 5 heteroatoms. The number of pyridine rings is 2. The molecule has 100 valence electrons. The molecule has 0 aliphatic heterocycles. The number of aromatic nitrogens is 2. The van der Waals surface area contributed by atoms with E-state index in [1.54, 1.807) is 23.0 Å². The fourth-order valence-corrected chi connectivity index (χ4v) is 2.58. The van der Waals surface area contributed by atoms with E-state index >= 15 is 0 Å². The van der Waals surface area contributed by atoms with Crippen LogP contribution in [0.15, 0.2) is 58.1 Å². The maximum atomic E-state index is 12.0. The van der Waals surface area contributed by atoms with Gasteiger partial charge < -0.3 is 10.3 Å². The Morgan fingerprint density at radius 1 is 1.20 bits per heavy atom. The average Bonchev–Trinajstić information content (AvgIpc) is 2.47. The van der Waals surface area contributed by atoms with E-state index in [1.165, 1.54) is 0 Å². The third-order valence-electron chi connectivity index (χ3n) is 3.20. The van der Waals surface area contributed by atoms with Gasteiger partial charge in [-0.25, -0.2) is 0 Å². The Balaban J connectivity index is 2.14. The zero-order chi connectivity index (χ0) is 14.1. The van der Waals surface area contributed by atoms with E-state index in [9.17, 15) is 4.79 Å². The molecule has 0 aliphatic carbocycles. The normalized spacial score (nSPS) is 10.8. The Morgan fingerprint density at radius 2 is 2.05 bits per heavy atom. The van der Waals surface area contributed by atoms with Crippen LogP contribution in [0.4, 0.5) is 5.69 Å². The maximum Gasteiger partial charge on any atom is 0.265 e. The van der Waals surface area contributed by atoms with Crippen molar-refractivity contribution in [2.24, 2.45) is 0 Å². The van der Waals surface area contributed by atoms with Gasteiger partial charge in [-0.3, -0.25) is 9.78 Å². The first-order chi connectivity index (χ1) is 9.66. The van der Waals surface area contributed by atoms with Gasteiger partial charge in [0.25, 0.3) is 5.56 Å². The summed E-state index contributed by atoms with van der Waals surface area (Å²) in [6, 6.07) is 11.1. The van der Waals surface area contributed by atoms with Crippen molar-refractivity contribution in [2.75, 3.05) is 5.73 Å². The van der Waals surface area contributed by atoms with Crippen LogP contribution in [0.2, 0.25) is 0 Å². The number of nitrogens with zero attached hydrogens (tertiary/aromatic N) is 2. The molecule has 0 amide bonds. The van der Waals surface area contributed by atoms with Crippen molar-refractivity contribution in [2.45, 2.75) is 6.54 Å². The number of hydrogen-bond acceptors (Lipinski definition) is 3. The Labute approximate surface area is 124 Å². The van der Waals surface area contributed by atoms with Gasteiger partial charge in [-0.05, 0) is 51.8 Å². The first-order valence-corrected chi connectivity index (χ1v) is 6.93. The quantitative estimate of drug-likeness (QED) is 0.735. The third-order valence-corrected chi connectivity index (χ3v) is 3.80. The van der Waals surface area contributed by atoms with Crippen LogP contribution in [0, 0.1) is 0 Å². The van der Waals surface area contributed by atoms with Gasteiger partial charge in [-0.2, -0.15) is 0 Å². The predicted molar refractivity (Wildman–Crippen MR) is 83.7 cm³/mol. The van der Waals surface area contributed by atoms with E-state index in [0.29, 0.717) is 16.7 Å². The summed E-state index contributed by atoms with van der Waals surface area (Å²) in [5.74, 6) is 0. The maximum absolute atomic E-state index is 12.0. The molecule has 0 spiro atoms. The molecule has 0 saturated carbocycles. The van der Waals surface area contributed by atoms with E-state index in [0.717, 1.165) is 16.5 Å². The molecule has 2 aromatic heterocycles. The second-order valence-corrected chi connectivity index (χ2v) is 5.36. The highest BCUT2D eigenvalue weighted by Crippen LogP contribution is 2.23. The number of hydrogen-bond donors (Lipinski definition) is 1. The fraction of sp³-hybridized carbons (Fsp3) is 0.0667. The molecule has 4 nitrogen and oxygen atoms in total. The van der Waals surface area contributed by atoms with E-state index < -0.39 is 0 Å². The number of benzene rings is 1. The number of nitrogen functional groups attached to an aromatic ring is 1. The molecule has 0 fully saturated rings. The average molecular weight is 330 g/mol. The van der Waals surface area contributed by atoms with Crippen molar-refractivity contribution >= 4 is 32.5 Å². The SMILES string of the molecule is Nc1ccc(Cn2cccc(Br)c2=O)c2ncccc12. The summed E-state index contributed by atoms with van der Waals surface area (Å²) in [6.07, 6.45) is 3.49. The van der Waals surface area contributed by atoms with Gasteiger partial charge >= 0.3 is 0 Å². The first-order valence-electron chi connectivity index (χ1n) is 6.14. The summed E-state index contributed by atoms with van der Waals surface area (Å²) in [4.78, 5) is 16.4. The molecule has 0 saturated heterocycles.